The van der Waals surface area contributed by atoms with Crippen molar-refractivity contribution in [3.63, 3.8) is 0 Å². The summed E-state index contributed by atoms with van der Waals surface area (Å²) in [5.74, 6) is 1.02. The lowest BCUT2D eigenvalue weighted by Crippen LogP contribution is -2.55. The minimum Gasteiger partial charge on any atom is -0.379 e. The van der Waals surface area contributed by atoms with E-state index in [4.69, 9.17) is 4.74 Å². The van der Waals surface area contributed by atoms with Crippen molar-refractivity contribution in [3.05, 3.63) is 52.8 Å². The van der Waals surface area contributed by atoms with Gasteiger partial charge in [0.15, 0.2) is 0 Å². The number of carbonyl (C=O) groups excluding carboxylic acids is 1. The average molecular weight is 446 g/mol. The summed E-state index contributed by atoms with van der Waals surface area (Å²) in [6, 6.07) is 11.2. The zero-order valence-corrected chi connectivity index (χ0v) is 20.5. The minimum atomic E-state index is -0.326. The number of rotatable bonds is 4. The van der Waals surface area contributed by atoms with Gasteiger partial charge in [0.25, 0.3) is 0 Å². The first-order chi connectivity index (χ1) is 15.7. The molecule has 5 heteroatoms. The quantitative estimate of drug-likeness (QED) is 0.559. The van der Waals surface area contributed by atoms with E-state index >= 15 is 0 Å². The molecule has 33 heavy (non-hydrogen) atoms. The van der Waals surface area contributed by atoms with Crippen LogP contribution in [0.4, 0.5) is 0 Å². The van der Waals surface area contributed by atoms with Crippen LogP contribution in [0.1, 0.15) is 68.0 Å². The fourth-order valence-corrected chi connectivity index (χ4v) is 5.64. The lowest BCUT2D eigenvalue weighted by atomic mass is 9.84. The Morgan fingerprint density at radius 1 is 1.18 bits per heavy atom. The van der Waals surface area contributed by atoms with Crippen LogP contribution >= 0.6 is 0 Å². The summed E-state index contributed by atoms with van der Waals surface area (Å²) < 4.78 is 5.34. The van der Waals surface area contributed by atoms with E-state index in [0.29, 0.717) is 25.0 Å². The highest BCUT2D eigenvalue weighted by Gasteiger charge is 2.44. The molecule has 1 amide bonds. The summed E-state index contributed by atoms with van der Waals surface area (Å²) >= 11 is 0. The van der Waals surface area contributed by atoms with E-state index in [1.165, 1.54) is 33.3 Å². The normalized spacial score (nSPS) is 20.3. The monoisotopic (exact) mass is 445 g/mol. The van der Waals surface area contributed by atoms with E-state index in [9.17, 15) is 4.79 Å². The third kappa shape index (κ3) is 3.97. The number of carbonyl (C=O) groups is 1. The second-order valence-electron chi connectivity index (χ2n) is 10.7. The van der Waals surface area contributed by atoms with Gasteiger partial charge in [0, 0.05) is 46.9 Å². The molecule has 5 nitrogen and oxygen atoms in total. The third-order valence-corrected chi connectivity index (χ3v) is 7.35. The zero-order chi connectivity index (χ0) is 23.3. The number of H-pyrrole nitrogens is 1. The van der Waals surface area contributed by atoms with Crippen molar-refractivity contribution in [2.45, 2.75) is 59.3 Å². The van der Waals surface area contributed by atoms with Gasteiger partial charge < -0.3 is 14.6 Å². The number of aromatic amines is 1. The van der Waals surface area contributed by atoms with Gasteiger partial charge in [0.1, 0.15) is 0 Å². The van der Waals surface area contributed by atoms with Crippen molar-refractivity contribution in [3.8, 4) is 11.3 Å². The number of amides is 1. The predicted octanol–water partition coefficient (Wildman–Crippen LogP) is 5.71. The standard InChI is InChI=1S/C28H35N3O2/c1-17(2)25-23-13-20(21-7-6-10-31(14-21)27(32)28(5)15-33-16-28)8-9-24(23)30-26(25)22-11-18(3)29-19(4)12-22/h8-9,11-13,17,21,30H,6-7,10,14-16H2,1-5H3. The Morgan fingerprint density at radius 3 is 2.55 bits per heavy atom. The third-order valence-electron chi connectivity index (χ3n) is 7.35. The van der Waals surface area contributed by atoms with E-state index in [1.54, 1.807) is 0 Å². The first-order valence-corrected chi connectivity index (χ1v) is 12.2. The topological polar surface area (TPSA) is 58.2 Å². The molecule has 0 saturated carbocycles. The summed E-state index contributed by atoms with van der Waals surface area (Å²) in [5.41, 5.74) is 8.02. The molecule has 1 atom stereocenters. The van der Waals surface area contributed by atoms with E-state index in [-0.39, 0.29) is 11.3 Å². The molecule has 5 rings (SSSR count). The molecule has 2 aliphatic heterocycles. The van der Waals surface area contributed by atoms with Crippen molar-refractivity contribution in [2.24, 2.45) is 5.41 Å². The van der Waals surface area contributed by atoms with Crippen molar-refractivity contribution in [1.29, 1.82) is 0 Å². The molecule has 2 fully saturated rings. The molecule has 4 heterocycles. The summed E-state index contributed by atoms with van der Waals surface area (Å²) in [4.78, 5) is 23.4. The molecule has 2 aliphatic rings. The van der Waals surface area contributed by atoms with Gasteiger partial charge in [0.2, 0.25) is 5.91 Å². The number of aryl methyl sites for hydroxylation is 2. The number of likely N-dealkylation sites (tertiary alicyclic amines) is 1. The number of piperidine rings is 1. The first-order valence-electron chi connectivity index (χ1n) is 12.2. The summed E-state index contributed by atoms with van der Waals surface area (Å²) in [6.07, 6.45) is 2.18. The fraction of sp³-hybridized carbons (Fsp3) is 0.500. The van der Waals surface area contributed by atoms with Crippen LogP contribution in [0.5, 0.6) is 0 Å². The Morgan fingerprint density at radius 2 is 1.91 bits per heavy atom. The number of fused-ring (bicyclic) bond motifs is 1. The van der Waals surface area contributed by atoms with Gasteiger partial charge in [-0.3, -0.25) is 9.78 Å². The van der Waals surface area contributed by atoms with Crippen molar-refractivity contribution < 1.29 is 9.53 Å². The van der Waals surface area contributed by atoms with Gasteiger partial charge in [-0.25, -0.2) is 0 Å². The van der Waals surface area contributed by atoms with Crippen molar-refractivity contribution in [2.75, 3.05) is 26.3 Å². The molecule has 2 saturated heterocycles. The second-order valence-corrected chi connectivity index (χ2v) is 10.7. The minimum absolute atomic E-state index is 0.259. The maximum atomic E-state index is 13.1. The lowest BCUT2D eigenvalue weighted by molar-refractivity contribution is -0.169. The van der Waals surface area contributed by atoms with E-state index in [1.807, 2.05) is 6.92 Å². The highest BCUT2D eigenvalue weighted by Crippen LogP contribution is 2.39. The van der Waals surface area contributed by atoms with Crippen molar-refractivity contribution >= 4 is 16.8 Å². The van der Waals surface area contributed by atoms with Gasteiger partial charge in [-0.1, -0.05) is 19.9 Å². The van der Waals surface area contributed by atoms with Crippen molar-refractivity contribution in [1.82, 2.24) is 14.9 Å². The van der Waals surface area contributed by atoms with Crippen LogP contribution in [0.15, 0.2) is 30.3 Å². The van der Waals surface area contributed by atoms with E-state index < -0.39 is 0 Å². The number of nitrogens with one attached hydrogen (secondary N) is 1. The SMILES string of the molecule is Cc1cc(-c2[nH]c3ccc(C4CCCN(C(=O)C5(C)COC5)C4)cc3c2C(C)C)cc(C)n1. The zero-order valence-electron chi connectivity index (χ0n) is 20.5. The van der Waals surface area contributed by atoms with Crippen LogP contribution in [0.2, 0.25) is 0 Å². The van der Waals surface area contributed by atoms with Gasteiger partial charge in [0.05, 0.1) is 24.3 Å². The predicted molar refractivity (Wildman–Crippen MR) is 133 cm³/mol. The molecule has 0 spiro atoms. The number of nitrogens with zero attached hydrogens (tertiary/aromatic N) is 2. The van der Waals surface area contributed by atoms with Gasteiger partial charge in [-0.15, -0.1) is 0 Å². The highest BCUT2D eigenvalue weighted by molar-refractivity contribution is 5.92. The van der Waals surface area contributed by atoms with Crippen LogP contribution in [-0.2, 0) is 9.53 Å². The summed E-state index contributed by atoms with van der Waals surface area (Å²) in [6.45, 7) is 13.4. The number of aromatic nitrogens is 2. The molecule has 0 aliphatic carbocycles. The maximum Gasteiger partial charge on any atom is 0.233 e. The van der Waals surface area contributed by atoms with Gasteiger partial charge in [-0.2, -0.15) is 0 Å². The number of ether oxygens (including phenoxy) is 1. The second kappa shape index (κ2) is 8.28. The number of benzene rings is 1. The molecule has 0 radical (unpaired) electrons. The number of hydrogen-bond acceptors (Lipinski definition) is 3. The Bertz CT molecular complexity index is 1190. The molecular weight excluding hydrogens is 410 g/mol. The molecule has 2 aromatic heterocycles. The molecule has 1 N–H and O–H groups in total. The maximum absolute atomic E-state index is 13.1. The van der Waals surface area contributed by atoms with Crippen LogP contribution in [0.3, 0.4) is 0 Å². The smallest absolute Gasteiger partial charge is 0.233 e. The summed E-state index contributed by atoms with van der Waals surface area (Å²) in [5, 5.41) is 1.30. The molecule has 1 aromatic carbocycles. The number of pyridine rings is 1. The Balaban J connectivity index is 1.50. The average Bonchev–Trinajstić information content (AvgIpc) is 3.15. The molecule has 1 unspecified atom stereocenters. The van der Waals surface area contributed by atoms with Crippen LogP contribution in [-0.4, -0.2) is 47.1 Å². The lowest BCUT2D eigenvalue weighted by Gasteiger charge is -2.43. The molecule has 0 bridgehead atoms. The fourth-order valence-electron chi connectivity index (χ4n) is 5.64. The Kier molecular flexibility index (Phi) is 5.56. The highest BCUT2D eigenvalue weighted by atomic mass is 16.5. The largest absolute Gasteiger partial charge is 0.379 e. The molecule has 174 valence electrons. The number of hydrogen-bond donors (Lipinski definition) is 1. The first kappa shape index (κ1) is 22.1. The summed E-state index contributed by atoms with van der Waals surface area (Å²) in [7, 11) is 0. The van der Waals surface area contributed by atoms with Crippen LogP contribution in [0.25, 0.3) is 22.2 Å². The van der Waals surface area contributed by atoms with E-state index in [2.05, 4.69) is 72.9 Å². The molecule has 3 aromatic rings. The van der Waals surface area contributed by atoms with Gasteiger partial charge in [-0.05, 0) is 74.9 Å². The van der Waals surface area contributed by atoms with E-state index in [0.717, 1.165) is 37.3 Å². The van der Waals surface area contributed by atoms with Gasteiger partial charge >= 0.3 is 0 Å². The van der Waals surface area contributed by atoms with Crippen LogP contribution in [0, 0.1) is 19.3 Å². The molecular formula is C28H35N3O2. The Hall–Kier alpha value is -2.66. The Labute approximate surface area is 196 Å². The van der Waals surface area contributed by atoms with Crippen LogP contribution < -0.4 is 0 Å².